The molecular formula is C9H12N6O2. The minimum atomic E-state index is -0.171. The fourth-order valence-corrected chi connectivity index (χ4v) is 1.92. The summed E-state index contributed by atoms with van der Waals surface area (Å²) in [7, 11) is 0. The monoisotopic (exact) mass is 236 g/mol. The van der Waals surface area contributed by atoms with E-state index in [1.807, 2.05) is 0 Å². The van der Waals surface area contributed by atoms with Crippen molar-refractivity contribution >= 4 is 11.5 Å². The quantitative estimate of drug-likeness (QED) is 0.694. The topological polar surface area (TPSA) is 88.7 Å². The number of anilines is 1. The normalized spacial score (nSPS) is 21.0. The van der Waals surface area contributed by atoms with E-state index in [0.717, 1.165) is 12.4 Å². The summed E-state index contributed by atoms with van der Waals surface area (Å²) in [5.74, 6) is 0.814. The van der Waals surface area contributed by atoms with E-state index < -0.39 is 0 Å². The molecule has 8 heteroatoms. The predicted molar refractivity (Wildman–Crippen MR) is 57.6 cm³/mol. The first-order valence-corrected chi connectivity index (χ1v) is 5.38. The van der Waals surface area contributed by atoms with Crippen molar-refractivity contribution in [3.8, 4) is 0 Å². The van der Waals surface area contributed by atoms with Gasteiger partial charge < -0.3 is 14.7 Å². The molecule has 0 spiro atoms. The molecule has 1 aliphatic rings. The Morgan fingerprint density at radius 2 is 2.41 bits per heavy atom. The van der Waals surface area contributed by atoms with E-state index in [9.17, 15) is 0 Å². The largest absolute Gasteiger partial charge is 0.394 e. The molecule has 1 saturated heterocycles. The summed E-state index contributed by atoms with van der Waals surface area (Å²) in [6.45, 7) is 1.92. The summed E-state index contributed by atoms with van der Waals surface area (Å²) in [5.41, 5.74) is 0.606. The van der Waals surface area contributed by atoms with Gasteiger partial charge in [0.15, 0.2) is 11.5 Å². The average Bonchev–Trinajstić information content (AvgIpc) is 2.87. The average molecular weight is 236 g/mol. The Labute approximate surface area is 96.8 Å². The first kappa shape index (κ1) is 10.4. The van der Waals surface area contributed by atoms with Gasteiger partial charge in [0.25, 0.3) is 0 Å². The van der Waals surface area contributed by atoms with Crippen LogP contribution in [-0.4, -0.2) is 62.5 Å². The molecule has 0 aliphatic carbocycles. The number of hydrogen-bond acceptors (Lipinski definition) is 7. The molecule has 8 nitrogen and oxygen atoms in total. The third-order valence-electron chi connectivity index (χ3n) is 2.76. The zero-order valence-electron chi connectivity index (χ0n) is 9.10. The van der Waals surface area contributed by atoms with Crippen LogP contribution < -0.4 is 4.90 Å². The van der Waals surface area contributed by atoms with Crippen LogP contribution in [0.1, 0.15) is 0 Å². The smallest absolute Gasteiger partial charge is 0.199 e. The molecule has 1 fully saturated rings. The second-order valence-electron chi connectivity index (χ2n) is 3.84. The van der Waals surface area contributed by atoms with E-state index in [2.05, 4.69) is 25.4 Å². The Bertz CT molecular complexity index is 515. The van der Waals surface area contributed by atoms with Crippen LogP contribution >= 0.6 is 0 Å². The van der Waals surface area contributed by atoms with Crippen LogP contribution in [0.25, 0.3) is 5.65 Å². The molecular weight excluding hydrogens is 224 g/mol. The highest BCUT2D eigenvalue weighted by molar-refractivity contribution is 5.46. The molecule has 1 unspecified atom stereocenters. The third-order valence-corrected chi connectivity index (χ3v) is 2.76. The van der Waals surface area contributed by atoms with E-state index in [0.29, 0.717) is 18.8 Å². The maximum Gasteiger partial charge on any atom is 0.199 e. The number of rotatable bonds is 2. The van der Waals surface area contributed by atoms with Crippen molar-refractivity contribution in [1.82, 2.24) is 25.0 Å². The molecule has 0 radical (unpaired) electrons. The Morgan fingerprint density at radius 3 is 3.29 bits per heavy atom. The molecule has 3 rings (SSSR count). The lowest BCUT2D eigenvalue weighted by atomic mass is 10.3. The second-order valence-corrected chi connectivity index (χ2v) is 3.84. The highest BCUT2D eigenvalue weighted by Crippen LogP contribution is 2.16. The number of fused-ring (bicyclic) bond motifs is 1. The van der Waals surface area contributed by atoms with E-state index in [1.165, 1.54) is 0 Å². The number of morpholine rings is 1. The highest BCUT2D eigenvalue weighted by atomic mass is 16.5. The number of hydrogen-bond donors (Lipinski definition) is 1. The van der Waals surface area contributed by atoms with Gasteiger partial charge in [-0.2, -0.15) is 4.52 Å². The van der Waals surface area contributed by atoms with Crippen LogP contribution in [0.3, 0.4) is 0 Å². The molecule has 17 heavy (non-hydrogen) atoms. The van der Waals surface area contributed by atoms with Crippen molar-refractivity contribution in [3.05, 3.63) is 12.4 Å². The molecule has 0 saturated carbocycles. The fourth-order valence-electron chi connectivity index (χ4n) is 1.92. The Balaban J connectivity index is 1.94. The summed E-state index contributed by atoms with van der Waals surface area (Å²) >= 11 is 0. The standard InChI is InChI=1S/C9H12N6O2/c16-6-7-5-14(1-2-17-7)9-4-10-3-8-11-12-13-15(8)9/h3-4,7,16H,1-2,5-6H2. The van der Waals surface area contributed by atoms with Gasteiger partial charge in [-0.15, -0.1) is 5.10 Å². The van der Waals surface area contributed by atoms with Gasteiger partial charge in [0.1, 0.15) is 0 Å². The van der Waals surface area contributed by atoms with Crippen LogP contribution in [0.5, 0.6) is 0 Å². The first-order valence-electron chi connectivity index (χ1n) is 5.38. The molecule has 3 heterocycles. The first-order chi connectivity index (χ1) is 8.38. The van der Waals surface area contributed by atoms with Crippen LogP contribution in [0.4, 0.5) is 5.82 Å². The lowest BCUT2D eigenvalue weighted by Gasteiger charge is -2.33. The third kappa shape index (κ3) is 1.81. The van der Waals surface area contributed by atoms with E-state index in [4.69, 9.17) is 9.84 Å². The maximum absolute atomic E-state index is 9.11. The van der Waals surface area contributed by atoms with Gasteiger partial charge in [0.05, 0.1) is 31.7 Å². The van der Waals surface area contributed by atoms with Gasteiger partial charge in [-0.3, -0.25) is 4.98 Å². The molecule has 1 aliphatic heterocycles. The lowest BCUT2D eigenvalue weighted by molar-refractivity contribution is 0.00324. The zero-order chi connectivity index (χ0) is 11.7. The summed E-state index contributed by atoms with van der Waals surface area (Å²) in [4.78, 5) is 6.16. The minimum Gasteiger partial charge on any atom is -0.394 e. The summed E-state index contributed by atoms with van der Waals surface area (Å²) < 4.78 is 7.03. The van der Waals surface area contributed by atoms with Crippen molar-refractivity contribution in [3.63, 3.8) is 0 Å². The summed E-state index contributed by atoms with van der Waals surface area (Å²) in [6, 6.07) is 0. The van der Waals surface area contributed by atoms with Crippen LogP contribution in [-0.2, 0) is 4.74 Å². The van der Waals surface area contributed by atoms with Crippen LogP contribution in [0.2, 0.25) is 0 Å². The molecule has 0 amide bonds. The molecule has 1 N–H and O–H groups in total. The molecule has 1 atom stereocenters. The van der Waals surface area contributed by atoms with Crippen LogP contribution in [0.15, 0.2) is 12.4 Å². The van der Waals surface area contributed by atoms with Crippen LogP contribution in [0, 0.1) is 0 Å². The number of aliphatic hydroxyl groups is 1. The van der Waals surface area contributed by atoms with Gasteiger partial charge in [-0.25, -0.2) is 0 Å². The number of nitrogens with zero attached hydrogens (tertiary/aromatic N) is 6. The molecule has 90 valence electrons. The van der Waals surface area contributed by atoms with Gasteiger partial charge in [0.2, 0.25) is 0 Å². The van der Waals surface area contributed by atoms with Gasteiger partial charge in [-0.05, 0) is 10.4 Å². The van der Waals surface area contributed by atoms with Gasteiger partial charge in [-0.1, -0.05) is 0 Å². The van der Waals surface area contributed by atoms with Gasteiger partial charge in [0, 0.05) is 13.1 Å². The summed E-state index contributed by atoms with van der Waals surface area (Å²) in [5, 5.41) is 20.5. The number of ether oxygens (including phenoxy) is 1. The van der Waals surface area contributed by atoms with E-state index in [-0.39, 0.29) is 12.7 Å². The lowest BCUT2D eigenvalue weighted by Crippen LogP contribution is -2.44. The second kappa shape index (κ2) is 4.22. The number of tetrazole rings is 1. The van der Waals surface area contributed by atoms with Crippen molar-refractivity contribution < 1.29 is 9.84 Å². The highest BCUT2D eigenvalue weighted by Gasteiger charge is 2.22. The van der Waals surface area contributed by atoms with E-state index >= 15 is 0 Å². The SMILES string of the molecule is OCC1CN(c2cncc3nnnn23)CCO1. The minimum absolute atomic E-state index is 0.00944. The molecule has 2 aromatic heterocycles. The van der Waals surface area contributed by atoms with Crippen molar-refractivity contribution in [2.45, 2.75) is 6.10 Å². The Hall–Kier alpha value is -1.80. The summed E-state index contributed by atoms with van der Waals surface area (Å²) in [6.07, 6.45) is 3.15. The van der Waals surface area contributed by atoms with Crippen molar-refractivity contribution in [1.29, 1.82) is 0 Å². The molecule has 2 aromatic rings. The predicted octanol–water partition coefficient (Wildman–Crippen LogP) is -1.28. The Kier molecular flexibility index (Phi) is 2.57. The maximum atomic E-state index is 9.11. The number of aromatic nitrogens is 5. The molecule has 0 aromatic carbocycles. The zero-order valence-corrected chi connectivity index (χ0v) is 9.10. The molecule has 0 bridgehead atoms. The fraction of sp³-hybridized carbons (Fsp3) is 0.556. The van der Waals surface area contributed by atoms with Crippen molar-refractivity contribution in [2.75, 3.05) is 31.2 Å². The van der Waals surface area contributed by atoms with Crippen molar-refractivity contribution in [2.24, 2.45) is 0 Å². The van der Waals surface area contributed by atoms with Gasteiger partial charge >= 0.3 is 0 Å². The number of aliphatic hydroxyl groups excluding tert-OH is 1. The Morgan fingerprint density at radius 1 is 1.47 bits per heavy atom. The van der Waals surface area contributed by atoms with E-state index in [1.54, 1.807) is 16.9 Å².